The minimum absolute atomic E-state index is 0.397. The molecule has 1 aromatic carbocycles. The predicted octanol–water partition coefficient (Wildman–Crippen LogP) is 2.80. The number of nitrogens with one attached hydrogen (secondary N) is 2. The van der Waals surface area contributed by atoms with Gasteiger partial charge >= 0.3 is 0 Å². The number of anilines is 1. The highest BCUT2D eigenvalue weighted by Crippen LogP contribution is 2.29. The molecule has 4 N–H and O–H groups in total. The lowest BCUT2D eigenvalue weighted by atomic mass is 10.2. The summed E-state index contributed by atoms with van der Waals surface area (Å²) in [5, 5.41) is 3.83. The van der Waals surface area contributed by atoms with Crippen LogP contribution in [0.3, 0.4) is 0 Å². The standard InChI is InChI=1S/C11H14BrClN4/c1-6-4-8(12)10(5-9(6)13)16-11(17-14)15-7-2-3-7/h4-5,7H,2-3,14H2,1H3,(H2,15,16,17). The molecule has 0 aliphatic heterocycles. The van der Waals surface area contributed by atoms with Crippen LogP contribution >= 0.6 is 27.5 Å². The largest absolute Gasteiger partial charge is 0.324 e. The molecule has 0 bridgehead atoms. The Bertz CT molecular complexity index is 457. The zero-order valence-corrected chi connectivity index (χ0v) is 11.8. The highest BCUT2D eigenvalue weighted by atomic mass is 79.9. The Morgan fingerprint density at radius 1 is 1.53 bits per heavy atom. The van der Waals surface area contributed by atoms with Crippen molar-refractivity contribution in [3.05, 3.63) is 27.2 Å². The quantitative estimate of drug-likeness (QED) is 0.340. The van der Waals surface area contributed by atoms with Crippen LogP contribution in [-0.2, 0) is 0 Å². The molecule has 0 amide bonds. The van der Waals surface area contributed by atoms with Gasteiger partial charge in [-0.1, -0.05) is 11.6 Å². The normalized spacial score (nSPS) is 15.9. The molecule has 2 rings (SSSR count). The van der Waals surface area contributed by atoms with Gasteiger partial charge in [0.05, 0.1) is 11.7 Å². The number of hydrazine groups is 1. The molecule has 6 heteroatoms. The molecule has 0 spiro atoms. The molecule has 1 aliphatic carbocycles. The van der Waals surface area contributed by atoms with Crippen molar-refractivity contribution in [3.8, 4) is 0 Å². The highest BCUT2D eigenvalue weighted by molar-refractivity contribution is 9.10. The molecule has 1 fully saturated rings. The monoisotopic (exact) mass is 316 g/mol. The summed E-state index contributed by atoms with van der Waals surface area (Å²) in [5.41, 5.74) is 4.42. The van der Waals surface area contributed by atoms with Crippen molar-refractivity contribution in [2.75, 3.05) is 5.32 Å². The first-order valence-corrected chi connectivity index (χ1v) is 6.54. The van der Waals surface area contributed by atoms with Gasteiger partial charge in [-0.3, -0.25) is 5.43 Å². The summed E-state index contributed by atoms with van der Waals surface area (Å²) in [6.07, 6.45) is 2.26. The fraction of sp³-hybridized carbons (Fsp3) is 0.364. The van der Waals surface area contributed by atoms with E-state index in [2.05, 4.69) is 31.7 Å². The first kappa shape index (κ1) is 12.7. The van der Waals surface area contributed by atoms with E-state index in [4.69, 9.17) is 17.4 Å². The Hall–Kier alpha value is -0.780. The average molecular weight is 318 g/mol. The van der Waals surface area contributed by atoms with Gasteiger partial charge in [-0.25, -0.2) is 10.8 Å². The number of guanidine groups is 1. The average Bonchev–Trinajstić information content (AvgIpc) is 3.08. The number of nitrogens with zero attached hydrogens (tertiary/aromatic N) is 1. The molecular formula is C11H14BrClN4. The molecule has 0 heterocycles. The summed E-state index contributed by atoms with van der Waals surface area (Å²) in [5.74, 6) is 5.99. The van der Waals surface area contributed by atoms with Crippen LogP contribution in [0.1, 0.15) is 18.4 Å². The van der Waals surface area contributed by atoms with Gasteiger partial charge in [0, 0.05) is 9.50 Å². The van der Waals surface area contributed by atoms with Gasteiger partial charge in [-0.2, -0.15) is 0 Å². The summed E-state index contributed by atoms with van der Waals surface area (Å²) in [6.45, 7) is 1.96. The highest BCUT2D eigenvalue weighted by Gasteiger charge is 2.21. The van der Waals surface area contributed by atoms with E-state index in [0.29, 0.717) is 17.0 Å². The van der Waals surface area contributed by atoms with Gasteiger partial charge in [0.15, 0.2) is 0 Å². The first-order valence-electron chi connectivity index (χ1n) is 5.37. The van der Waals surface area contributed by atoms with E-state index in [1.807, 2.05) is 19.1 Å². The third kappa shape index (κ3) is 3.34. The van der Waals surface area contributed by atoms with Gasteiger partial charge in [0.25, 0.3) is 0 Å². The summed E-state index contributed by atoms with van der Waals surface area (Å²) in [4.78, 5) is 4.40. The third-order valence-corrected chi connectivity index (χ3v) is 3.56. The molecule has 0 unspecified atom stereocenters. The fourth-order valence-electron chi connectivity index (χ4n) is 1.36. The van der Waals surface area contributed by atoms with Crippen LogP contribution in [-0.4, -0.2) is 12.0 Å². The van der Waals surface area contributed by atoms with Gasteiger partial charge in [0.2, 0.25) is 5.96 Å². The molecule has 0 saturated heterocycles. The van der Waals surface area contributed by atoms with Crippen LogP contribution in [0.5, 0.6) is 0 Å². The Morgan fingerprint density at radius 3 is 2.82 bits per heavy atom. The minimum Gasteiger partial charge on any atom is -0.324 e. The summed E-state index contributed by atoms with van der Waals surface area (Å²) in [7, 11) is 0. The molecule has 0 aromatic heterocycles. The number of aryl methyl sites for hydroxylation is 1. The van der Waals surface area contributed by atoms with E-state index in [9.17, 15) is 0 Å². The molecule has 1 aromatic rings. The van der Waals surface area contributed by atoms with Crippen LogP contribution in [0.25, 0.3) is 0 Å². The summed E-state index contributed by atoms with van der Waals surface area (Å²) < 4.78 is 0.929. The SMILES string of the molecule is Cc1cc(Br)c(NC(=NC2CC2)NN)cc1Cl. The number of nitrogens with two attached hydrogens (primary N) is 1. The number of hydrogen-bond donors (Lipinski definition) is 3. The van der Waals surface area contributed by atoms with Crippen LogP contribution < -0.4 is 16.6 Å². The molecule has 1 saturated carbocycles. The zero-order valence-electron chi connectivity index (χ0n) is 9.43. The molecule has 17 heavy (non-hydrogen) atoms. The summed E-state index contributed by atoms with van der Waals surface area (Å²) >= 11 is 9.55. The number of benzene rings is 1. The number of aliphatic imine (C=N–C) groups is 1. The van der Waals surface area contributed by atoms with E-state index in [-0.39, 0.29) is 0 Å². The molecule has 92 valence electrons. The van der Waals surface area contributed by atoms with Crippen molar-refractivity contribution in [1.82, 2.24) is 5.43 Å². The van der Waals surface area contributed by atoms with Crippen molar-refractivity contribution in [1.29, 1.82) is 0 Å². The van der Waals surface area contributed by atoms with Crippen molar-refractivity contribution in [2.45, 2.75) is 25.8 Å². The van der Waals surface area contributed by atoms with E-state index < -0.39 is 0 Å². The Labute approximate surface area is 114 Å². The second kappa shape index (κ2) is 5.25. The van der Waals surface area contributed by atoms with Crippen LogP contribution in [0.15, 0.2) is 21.6 Å². The van der Waals surface area contributed by atoms with Gasteiger partial charge < -0.3 is 5.32 Å². The lowest BCUT2D eigenvalue weighted by molar-refractivity contribution is 0.966. The van der Waals surface area contributed by atoms with Crippen molar-refractivity contribution >= 4 is 39.2 Å². The maximum absolute atomic E-state index is 6.08. The second-order valence-corrected chi connectivity index (χ2v) is 5.32. The fourth-order valence-corrected chi connectivity index (χ4v) is 2.08. The van der Waals surface area contributed by atoms with Gasteiger partial charge in [-0.05, 0) is 53.4 Å². The van der Waals surface area contributed by atoms with Gasteiger partial charge in [0.1, 0.15) is 0 Å². The maximum atomic E-state index is 6.08. The minimum atomic E-state index is 0.397. The van der Waals surface area contributed by atoms with E-state index in [0.717, 1.165) is 28.6 Å². The first-order chi connectivity index (χ1) is 8.10. The number of rotatable bonds is 2. The smallest absolute Gasteiger partial charge is 0.210 e. The Balaban J connectivity index is 2.19. The van der Waals surface area contributed by atoms with Crippen molar-refractivity contribution in [3.63, 3.8) is 0 Å². The van der Waals surface area contributed by atoms with E-state index in [1.165, 1.54) is 0 Å². The van der Waals surface area contributed by atoms with Crippen molar-refractivity contribution in [2.24, 2.45) is 10.8 Å². The number of halogens is 2. The summed E-state index contributed by atoms with van der Waals surface area (Å²) in [6, 6.07) is 4.20. The van der Waals surface area contributed by atoms with Crippen LogP contribution in [0.2, 0.25) is 5.02 Å². The molecular weight excluding hydrogens is 304 g/mol. The maximum Gasteiger partial charge on any atom is 0.210 e. The molecule has 1 aliphatic rings. The lowest BCUT2D eigenvalue weighted by Gasteiger charge is -2.12. The molecule has 0 radical (unpaired) electrons. The number of hydrogen-bond acceptors (Lipinski definition) is 2. The van der Waals surface area contributed by atoms with Crippen LogP contribution in [0.4, 0.5) is 5.69 Å². The Kier molecular flexibility index (Phi) is 3.91. The lowest BCUT2D eigenvalue weighted by Crippen LogP contribution is -2.36. The zero-order chi connectivity index (χ0) is 12.4. The Morgan fingerprint density at radius 2 is 2.24 bits per heavy atom. The predicted molar refractivity (Wildman–Crippen MR) is 75.3 cm³/mol. The van der Waals surface area contributed by atoms with Crippen LogP contribution in [0, 0.1) is 6.92 Å². The molecule has 0 atom stereocenters. The second-order valence-electron chi connectivity index (χ2n) is 4.06. The van der Waals surface area contributed by atoms with Crippen molar-refractivity contribution < 1.29 is 0 Å². The van der Waals surface area contributed by atoms with E-state index >= 15 is 0 Å². The third-order valence-electron chi connectivity index (χ3n) is 2.50. The topological polar surface area (TPSA) is 62.4 Å². The van der Waals surface area contributed by atoms with E-state index in [1.54, 1.807) is 0 Å². The molecule has 4 nitrogen and oxygen atoms in total. The van der Waals surface area contributed by atoms with Gasteiger partial charge in [-0.15, -0.1) is 0 Å².